The Morgan fingerprint density at radius 3 is 1.75 bits per heavy atom. The van der Waals surface area contributed by atoms with Crippen molar-refractivity contribution in [3.05, 3.63) is 180 Å². The van der Waals surface area contributed by atoms with Gasteiger partial charge in [0.25, 0.3) is 6.71 Å². The van der Waals surface area contributed by atoms with Crippen molar-refractivity contribution < 1.29 is 9.47 Å². The van der Waals surface area contributed by atoms with Gasteiger partial charge in [-0.15, -0.1) is 0 Å². The third-order valence-corrected chi connectivity index (χ3v) is 10.6. The zero-order valence-electron chi connectivity index (χ0n) is 27.9. The topological polar surface area (TPSA) is 69.3 Å². The Hall–Kier alpha value is -6.67. The molecule has 0 atom stereocenters. The normalized spacial score (nSPS) is 11.8. The molecule has 0 bridgehead atoms. The number of para-hydroxylation sites is 2. The first-order valence-corrected chi connectivity index (χ1v) is 17.8. The van der Waals surface area contributed by atoms with E-state index in [4.69, 9.17) is 9.47 Å². The number of nitrogens with zero attached hydrogens (tertiary/aromatic N) is 3. The van der Waals surface area contributed by atoms with Crippen LogP contribution in [0.15, 0.2) is 168 Å². The summed E-state index contributed by atoms with van der Waals surface area (Å²) in [5, 5.41) is 20.0. The van der Waals surface area contributed by atoms with Gasteiger partial charge in [0.05, 0.1) is 34.6 Å². The highest BCUT2D eigenvalue weighted by molar-refractivity contribution is 7.99. The molecule has 0 N–H and O–H groups in total. The first kappa shape index (κ1) is 31.3. The summed E-state index contributed by atoms with van der Waals surface area (Å²) in [5.41, 5.74) is 9.04. The van der Waals surface area contributed by atoms with E-state index < -0.39 is 0 Å². The first-order valence-electron chi connectivity index (χ1n) is 17.0. The molecule has 2 aliphatic rings. The highest BCUT2D eigenvalue weighted by Crippen LogP contribution is 2.47. The molecule has 7 aromatic carbocycles. The van der Waals surface area contributed by atoms with Gasteiger partial charge >= 0.3 is 0 Å². The summed E-state index contributed by atoms with van der Waals surface area (Å²) in [6.07, 6.45) is 0.604. The maximum absolute atomic E-state index is 10.0. The van der Waals surface area contributed by atoms with Crippen LogP contribution in [0.3, 0.4) is 0 Å². The van der Waals surface area contributed by atoms with Crippen LogP contribution in [0.4, 0.5) is 17.1 Å². The Balaban J connectivity index is 1.30. The molecule has 0 spiro atoms. The fourth-order valence-electron chi connectivity index (χ4n) is 7.21. The SMILES string of the molecule is N#Cc1ccc(N(c2cc3c4c(c2)Oc2ccccc2B4c2ccccc2O3)c2ccc(C#N)cc2Sc2ccccc2)c(Cc2ccccc2)c1. The fraction of sp³-hybridized carbons (Fsp3) is 0.0222. The average Bonchev–Trinajstić information content (AvgIpc) is 3.19. The minimum Gasteiger partial charge on any atom is -0.458 e. The molecule has 0 saturated heterocycles. The minimum atomic E-state index is -0.0509. The minimum absolute atomic E-state index is 0.0509. The predicted molar refractivity (Wildman–Crippen MR) is 208 cm³/mol. The van der Waals surface area contributed by atoms with E-state index in [1.165, 1.54) is 0 Å². The fourth-order valence-corrected chi connectivity index (χ4v) is 8.21. The van der Waals surface area contributed by atoms with E-state index in [9.17, 15) is 10.5 Å². The van der Waals surface area contributed by atoms with Gasteiger partial charge in [-0.25, -0.2) is 0 Å². The highest BCUT2D eigenvalue weighted by atomic mass is 32.2. The smallest absolute Gasteiger partial charge is 0.260 e. The van der Waals surface area contributed by atoms with E-state index >= 15 is 0 Å². The molecule has 244 valence electrons. The Morgan fingerprint density at radius 2 is 1.12 bits per heavy atom. The van der Waals surface area contributed by atoms with Crippen molar-refractivity contribution in [2.75, 3.05) is 4.90 Å². The lowest BCUT2D eigenvalue weighted by molar-refractivity contribution is 0.465. The van der Waals surface area contributed by atoms with Crippen LogP contribution in [0.25, 0.3) is 0 Å². The molecule has 0 saturated carbocycles. The molecule has 0 aliphatic carbocycles. The molecular weight excluding hydrogens is 657 g/mol. The van der Waals surface area contributed by atoms with E-state index in [0.29, 0.717) is 17.5 Å². The number of rotatable bonds is 7. The van der Waals surface area contributed by atoms with E-state index in [0.717, 1.165) is 77.4 Å². The summed E-state index contributed by atoms with van der Waals surface area (Å²) < 4.78 is 13.5. The zero-order valence-corrected chi connectivity index (χ0v) is 28.7. The molecule has 0 unspecified atom stereocenters. The van der Waals surface area contributed by atoms with Gasteiger partial charge < -0.3 is 14.4 Å². The number of ether oxygens (including phenoxy) is 2. The number of nitriles is 2. The van der Waals surface area contributed by atoms with Gasteiger partial charge in [-0.1, -0.05) is 96.7 Å². The number of hydrogen-bond donors (Lipinski definition) is 0. The van der Waals surface area contributed by atoms with Crippen molar-refractivity contribution in [2.24, 2.45) is 0 Å². The van der Waals surface area contributed by atoms with Gasteiger partial charge in [-0.2, -0.15) is 10.5 Å². The van der Waals surface area contributed by atoms with Gasteiger partial charge in [0.1, 0.15) is 23.0 Å². The van der Waals surface area contributed by atoms with E-state index in [1.54, 1.807) is 11.8 Å². The Labute approximate surface area is 307 Å². The number of fused-ring (bicyclic) bond motifs is 4. The summed E-state index contributed by atoms with van der Waals surface area (Å²) in [6, 6.07) is 57.4. The van der Waals surface area contributed by atoms with Gasteiger partial charge in [0, 0.05) is 33.1 Å². The Bertz CT molecular complexity index is 2410. The van der Waals surface area contributed by atoms with Crippen LogP contribution in [0, 0.1) is 22.7 Å². The van der Waals surface area contributed by atoms with Crippen LogP contribution in [-0.2, 0) is 6.42 Å². The van der Waals surface area contributed by atoms with Crippen LogP contribution < -0.4 is 30.8 Å². The van der Waals surface area contributed by atoms with E-state index in [-0.39, 0.29) is 6.71 Å². The Kier molecular flexibility index (Phi) is 7.97. The molecule has 7 aromatic rings. The lowest BCUT2D eigenvalue weighted by atomic mass is 9.35. The largest absolute Gasteiger partial charge is 0.458 e. The predicted octanol–water partition coefficient (Wildman–Crippen LogP) is 9.37. The van der Waals surface area contributed by atoms with Crippen molar-refractivity contribution >= 4 is 51.9 Å². The van der Waals surface area contributed by atoms with Crippen molar-refractivity contribution in [1.29, 1.82) is 10.5 Å². The quantitative estimate of drug-likeness (QED) is 0.156. The molecule has 5 nitrogen and oxygen atoms in total. The standard InChI is InChI=1S/C45H28BN3O2S/c47-28-31-19-21-38(33(24-31)23-30-11-3-1-4-12-30)49(39-22-20-32(29-48)25-44(39)52-35-13-5-2-6-14-35)34-26-42-45-43(27-34)51-41-18-10-8-16-37(41)46(45)36-15-7-9-17-40(36)50-42/h1-22,24-27H,23H2. The monoisotopic (exact) mass is 685 g/mol. The molecule has 9 rings (SSSR count). The highest BCUT2D eigenvalue weighted by Gasteiger charge is 2.40. The average molecular weight is 686 g/mol. The summed E-state index contributed by atoms with van der Waals surface area (Å²) in [7, 11) is 0. The van der Waals surface area contributed by atoms with Gasteiger partial charge in [-0.3, -0.25) is 0 Å². The zero-order chi connectivity index (χ0) is 35.0. The van der Waals surface area contributed by atoms with E-state index in [2.05, 4.69) is 77.7 Å². The number of benzene rings is 7. The Morgan fingerprint density at radius 1 is 0.558 bits per heavy atom. The third-order valence-electron chi connectivity index (χ3n) is 9.52. The maximum Gasteiger partial charge on any atom is 0.260 e. The molecule has 2 heterocycles. The van der Waals surface area contributed by atoms with Crippen LogP contribution in [-0.4, -0.2) is 6.71 Å². The molecule has 2 aliphatic heterocycles. The van der Waals surface area contributed by atoms with Crippen LogP contribution >= 0.6 is 11.8 Å². The second kappa shape index (κ2) is 13.2. The summed E-state index contributed by atoms with van der Waals surface area (Å²) in [5.74, 6) is 3.07. The van der Waals surface area contributed by atoms with Crippen molar-refractivity contribution in [1.82, 2.24) is 0 Å². The number of hydrogen-bond acceptors (Lipinski definition) is 6. The van der Waals surface area contributed by atoms with E-state index in [1.807, 2.05) is 97.1 Å². The lowest BCUT2D eigenvalue weighted by Gasteiger charge is -2.35. The van der Waals surface area contributed by atoms with Crippen LogP contribution in [0.1, 0.15) is 22.3 Å². The summed E-state index contributed by atoms with van der Waals surface area (Å²) in [6.45, 7) is -0.0509. The van der Waals surface area contributed by atoms with Crippen LogP contribution in [0.5, 0.6) is 23.0 Å². The van der Waals surface area contributed by atoms with Crippen molar-refractivity contribution in [3.63, 3.8) is 0 Å². The maximum atomic E-state index is 10.0. The first-order chi connectivity index (χ1) is 25.7. The van der Waals surface area contributed by atoms with Gasteiger partial charge in [0.15, 0.2) is 0 Å². The van der Waals surface area contributed by atoms with Crippen molar-refractivity contribution in [3.8, 4) is 35.1 Å². The van der Waals surface area contributed by atoms with Gasteiger partial charge in [0.2, 0.25) is 0 Å². The third kappa shape index (κ3) is 5.64. The lowest BCUT2D eigenvalue weighted by Crippen LogP contribution is -2.57. The van der Waals surface area contributed by atoms with Crippen LogP contribution in [0.2, 0.25) is 0 Å². The molecule has 7 heteroatoms. The second-order valence-electron chi connectivity index (χ2n) is 12.7. The molecule has 0 fully saturated rings. The molecule has 52 heavy (non-hydrogen) atoms. The number of anilines is 3. The second-order valence-corrected chi connectivity index (χ2v) is 13.8. The summed E-state index contributed by atoms with van der Waals surface area (Å²) in [4.78, 5) is 4.17. The van der Waals surface area contributed by atoms with Gasteiger partial charge in [-0.05, 0) is 89.1 Å². The molecule has 0 amide bonds. The molecular formula is C45H28BN3O2S. The van der Waals surface area contributed by atoms with Crippen molar-refractivity contribution in [2.45, 2.75) is 16.2 Å². The molecule has 0 radical (unpaired) electrons. The molecule has 0 aromatic heterocycles. The summed E-state index contributed by atoms with van der Waals surface area (Å²) >= 11 is 1.60.